The first kappa shape index (κ1) is 16.4. The number of carbonyl (C=O) groups excluding carboxylic acids is 1. The molecule has 5 unspecified atom stereocenters. The Hall–Kier alpha value is -1.35. The zero-order valence-electron chi connectivity index (χ0n) is 16.9. The third kappa shape index (κ3) is 1.75. The normalized spacial score (nSPS) is 46.9. The zero-order valence-corrected chi connectivity index (χ0v) is 16.9. The molecule has 3 bridgehead atoms. The van der Waals surface area contributed by atoms with Gasteiger partial charge in [-0.15, -0.1) is 0 Å². The Labute approximate surface area is 168 Å². The van der Waals surface area contributed by atoms with Crippen molar-refractivity contribution in [2.75, 3.05) is 26.2 Å². The van der Waals surface area contributed by atoms with E-state index in [2.05, 4.69) is 40.5 Å². The Bertz CT molecular complexity index is 837. The highest BCUT2D eigenvalue weighted by Crippen LogP contribution is 2.84. The molecular formula is C25H32N2O. The second-order valence-electron chi connectivity index (χ2n) is 11.5. The number of carbonyl (C=O) groups is 1. The second-order valence-corrected chi connectivity index (χ2v) is 11.5. The van der Waals surface area contributed by atoms with E-state index in [1.165, 1.54) is 58.0 Å². The first-order valence-corrected chi connectivity index (χ1v) is 11.6. The van der Waals surface area contributed by atoms with Gasteiger partial charge in [-0.3, -0.25) is 4.79 Å². The predicted octanol–water partition coefficient (Wildman–Crippen LogP) is 3.74. The van der Waals surface area contributed by atoms with Gasteiger partial charge in [0.25, 0.3) is 0 Å². The van der Waals surface area contributed by atoms with Crippen LogP contribution in [0, 0.1) is 28.1 Å². The Morgan fingerprint density at radius 2 is 1.79 bits per heavy atom. The van der Waals surface area contributed by atoms with Crippen LogP contribution in [0.15, 0.2) is 30.3 Å². The number of fused-ring (bicyclic) bond motifs is 2. The van der Waals surface area contributed by atoms with Gasteiger partial charge in [0.2, 0.25) is 5.91 Å². The lowest BCUT2D eigenvalue weighted by atomic mass is 9.44. The van der Waals surface area contributed by atoms with E-state index in [0.29, 0.717) is 22.2 Å². The van der Waals surface area contributed by atoms with Gasteiger partial charge < -0.3 is 10.2 Å². The van der Waals surface area contributed by atoms with Crippen LogP contribution in [-0.2, 0) is 10.2 Å². The van der Waals surface area contributed by atoms with Gasteiger partial charge >= 0.3 is 0 Å². The van der Waals surface area contributed by atoms with Crippen molar-refractivity contribution in [2.45, 2.75) is 56.8 Å². The van der Waals surface area contributed by atoms with Crippen molar-refractivity contribution in [2.24, 2.45) is 28.1 Å². The largest absolute Gasteiger partial charge is 0.342 e. The lowest BCUT2D eigenvalue weighted by Crippen LogP contribution is -2.60. The van der Waals surface area contributed by atoms with Gasteiger partial charge in [0, 0.05) is 31.6 Å². The highest BCUT2D eigenvalue weighted by atomic mass is 16.2. The number of benzene rings is 1. The molecular weight excluding hydrogens is 344 g/mol. The molecule has 6 fully saturated rings. The summed E-state index contributed by atoms with van der Waals surface area (Å²) in [6.45, 7) is 4.34. The number of nitrogens with one attached hydrogen (secondary N) is 1. The van der Waals surface area contributed by atoms with E-state index in [4.69, 9.17) is 0 Å². The molecule has 2 heterocycles. The van der Waals surface area contributed by atoms with Crippen LogP contribution in [0.5, 0.6) is 0 Å². The summed E-state index contributed by atoms with van der Waals surface area (Å²) in [4.78, 5) is 16.3. The van der Waals surface area contributed by atoms with Crippen molar-refractivity contribution >= 4 is 5.91 Å². The lowest BCUT2D eigenvalue weighted by molar-refractivity contribution is -0.147. The molecule has 1 amide bonds. The van der Waals surface area contributed by atoms with E-state index >= 15 is 0 Å². The number of rotatable bonds is 2. The topological polar surface area (TPSA) is 32.3 Å². The molecule has 0 radical (unpaired) electrons. The number of hydrogen-bond acceptors (Lipinski definition) is 2. The Balaban J connectivity index is 1.23. The number of hydrogen-bond donors (Lipinski definition) is 1. The van der Waals surface area contributed by atoms with Crippen LogP contribution < -0.4 is 5.32 Å². The fraction of sp³-hybridized carbons (Fsp3) is 0.720. The van der Waals surface area contributed by atoms with Gasteiger partial charge in [-0.2, -0.15) is 0 Å². The van der Waals surface area contributed by atoms with Crippen molar-refractivity contribution in [3.05, 3.63) is 35.9 Å². The average molecular weight is 377 g/mol. The SMILES string of the molecule is O=C(N1CCC2(CC1)CNC2)C12CC3CC4CC(c5ccccc5)(C1)C4(C3)C2. The first-order chi connectivity index (χ1) is 13.6. The molecule has 0 aromatic heterocycles. The zero-order chi connectivity index (χ0) is 18.6. The third-order valence-corrected chi connectivity index (χ3v) is 10.5. The van der Waals surface area contributed by atoms with E-state index in [1.807, 2.05) is 0 Å². The fourth-order valence-corrected chi connectivity index (χ4v) is 9.34. The van der Waals surface area contributed by atoms with Crippen LogP contribution >= 0.6 is 0 Å². The van der Waals surface area contributed by atoms with Gasteiger partial charge in [0.15, 0.2) is 0 Å². The molecule has 2 aliphatic heterocycles. The van der Waals surface area contributed by atoms with Crippen LogP contribution in [0.4, 0.5) is 0 Å². The number of nitrogens with zero attached hydrogens (tertiary/aromatic N) is 1. The smallest absolute Gasteiger partial charge is 0.228 e. The molecule has 3 heteroatoms. The minimum atomic E-state index is -0.0492. The van der Waals surface area contributed by atoms with Crippen molar-refractivity contribution in [1.82, 2.24) is 10.2 Å². The predicted molar refractivity (Wildman–Crippen MR) is 109 cm³/mol. The van der Waals surface area contributed by atoms with E-state index in [9.17, 15) is 4.79 Å². The first-order valence-electron chi connectivity index (χ1n) is 11.6. The molecule has 4 saturated carbocycles. The van der Waals surface area contributed by atoms with Crippen LogP contribution in [0.2, 0.25) is 0 Å². The van der Waals surface area contributed by atoms with Crippen LogP contribution in [0.3, 0.4) is 0 Å². The summed E-state index contributed by atoms with van der Waals surface area (Å²) in [5, 5.41) is 3.45. The summed E-state index contributed by atoms with van der Waals surface area (Å²) < 4.78 is 0. The van der Waals surface area contributed by atoms with E-state index in [-0.39, 0.29) is 5.41 Å². The Morgan fingerprint density at radius 3 is 2.50 bits per heavy atom. The van der Waals surface area contributed by atoms with Crippen LogP contribution in [0.25, 0.3) is 0 Å². The molecule has 148 valence electrons. The fourth-order valence-electron chi connectivity index (χ4n) is 9.34. The molecule has 2 spiro atoms. The number of likely N-dealkylation sites (tertiary alicyclic amines) is 1. The summed E-state index contributed by atoms with van der Waals surface area (Å²) in [6, 6.07) is 11.3. The number of piperidine rings is 1. The molecule has 1 aromatic carbocycles. The van der Waals surface area contributed by atoms with Crippen molar-refractivity contribution in [1.29, 1.82) is 0 Å². The van der Waals surface area contributed by atoms with E-state index in [0.717, 1.165) is 31.3 Å². The molecule has 7 rings (SSSR count). The maximum absolute atomic E-state index is 14.0. The van der Waals surface area contributed by atoms with Gasteiger partial charge in [-0.1, -0.05) is 30.3 Å². The van der Waals surface area contributed by atoms with Crippen LogP contribution in [-0.4, -0.2) is 37.0 Å². The maximum Gasteiger partial charge on any atom is 0.228 e. The molecule has 5 atom stereocenters. The maximum atomic E-state index is 14.0. The summed E-state index contributed by atoms with van der Waals surface area (Å²) in [6.07, 6.45) is 10.1. The minimum absolute atomic E-state index is 0.0492. The summed E-state index contributed by atoms with van der Waals surface area (Å²) in [5.41, 5.74) is 2.76. The van der Waals surface area contributed by atoms with Gasteiger partial charge in [-0.25, -0.2) is 0 Å². The Morgan fingerprint density at radius 1 is 1.00 bits per heavy atom. The van der Waals surface area contributed by atoms with E-state index in [1.54, 1.807) is 5.56 Å². The van der Waals surface area contributed by atoms with Gasteiger partial charge in [0.05, 0.1) is 5.41 Å². The van der Waals surface area contributed by atoms with Crippen molar-refractivity contribution < 1.29 is 4.79 Å². The van der Waals surface area contributed by atoms with Crippen LogP contribution in [0.1, 0.15) is 56.9 Å². The molecule has 2 saturated heterocycles. The monoisotopic (exact) mass is 376 g/mol. The standard InChI is InChI=1S/C25H32N2O/c28-21(27-8-6-22(7-9-27)16-26-17-22)23-11-18-10-20-13-25(15-23,24(20,12-18)14-23)19-4-2-1-3-5-19/h1-5,18,20,26H,6-17H2. The molecule has 1 N–H and O–H groups in total. The summed E-state index contributed by atoms with van der Waals surface area (Å²) in [7, 11) is 0. The average Bonchev–Trinajstić information content (AvgIpc) is 3.01. The quantitative estimate of drug-likeness (QED) is 0.853. The molecule has 1 aromatic rings. The molecule has 3 nitrogen and oxygen atoms in total. The highest BCUT2D eigenvalue weighted by Gasteiger charge is 2.79. The second kappa shape index (κ2) is 5.03. The Kier molecular flexibility index (Phi) is 2.96. The van der Waals surface area contributed by atoms with E-state index < -0.39 is 0 Å². The van der Waals surface area contributed by atoms with Gasteiger partial charge in [0.1, 0.15) is 0 Å². The van der Waals surface area contributed by atoms with Gasteiger partial charge in [-0.05, 0) is 79.6 Å². The summed E-state index contributed by atoms with van der Waals surface area (Å²) >= 11 is 0. The number of amides is 1. The highest BCUT2D eigenvalue weighted by molar-refractivity contribution is 5.84. The van der Waals surface area contributed by atoms with Crippen molar-refractivity contribution in [3.63, 3.8) is 0 Å². The molecule has 4 aliphatic carbocycles. The third-order valence-electron chi connectivity index (χ3n) is 10.5. The molecule has 6 aliphatic rings. The molecule has 28 heavy (non-hydrogen) atoms. The minimum Gasteiger partial charge on any atom is -0.342 e. The summed E-state index contributed by atoms with van der Waals surface area (Å²) in [5.74, 6) is 2.24. The van der Waals surface area contributed by atoms with Crippen molar-refractivity contribution in [3.8, 4) is 0 Å². The lowest BCUT2D eigenvalue weighted by Gasteiger charge is -2.59.